The fourth-order valence-electron chi connectivity index (χ4n) is 3.33. The first-order chi connectivity index (χ1) is 11.6. The summed E-state index contributed by atoms with van der Waals surface area (Å²) < 4.78 is 2.04. The summed E-state index contributed by atoms with van der Waals surface area (Å²) in [6.45, 7) is 3.35. The molecule has 0 saturated heterocycles. The van der Waals surface area contributed by atoms with Crippen LogP contribution in [0, 0.1) is 5.92 Å². The Morgan fingerprint density at radius 1 is 1.21 bits per heavy atom. The molecule has 1 aromatic carbocycles. The number of amides is 1. The predicted octanol–water partition coefficient (Wildman–Crippen LogP) is 2.35. The molecule has 1 unspecified atom stereocenters. The van der Waals surface area contributed by atoms with Gasteiger partial charge in [0.05, 0.1) is 41.9 Å². The Labute approximate surface area is 140 Å². The van der Waals surface area contributed by atoms with Gasteiger partial charge in [-0.25, -0.2) is 4.98 Å². The Morgan fingerprint density at radius 2 is 2.00 bits per heavy atom. The van der Waals surface area contributed by atoms with Gasteiger partial charge in [0.15, 0.2) is 5.65 Å². The van der Waals surface area contributed by atoms with E-state index in [1.807, 2.05) is 49.0 Å². The van der Waals surface area contributed by atoms with Gasteiger partial charge in [0.2, 0.25) is 5.91 Å². The fraction of sp³-hybridized carbons (Fsp3) is 0.278. The van der Waals surface area contributed by atoms with Gasteiger partial charge in [0.25, 0.3) is 0 Å². The number of hydrogen-bond acceptors (Lipinski definition) is 4. The number of rotatable bonds is 2. The third kappa shape index (κ3) is 2.31. The standard InChI is InChI=1S/C18H19N5O/c1-13-11-22(12-14-9-20-17-10-19-7-8-23(14)17)16-6-4-3-5-15(16)21(2)18(13)24/h3-10,13H,11-12H2,1-2H3. The average Bonchev–Trinajstić information content (AvgIpc) is 2.99. The van der Waals surface area contributed by atoms with E-state index in [-0.39, 0.29) is 11.8 Å². The maximum atomic E-state index is 12.5. The van der Waals surface area contributed by atoms with Gasteiger partial charge in [-0.3, -0.25) is 14.2 Å². The summed E-state index contributed by atoms with van der Waals surface area (Å²) in [7, 11) is 1.85. The maximum Gasteiger partial charge on any atom is 0.231 e. The Bertz CT molecular complexity index is 903. The molecular formula is C18H19N5O. The molecule has 0 N–H and O–H groups in total. The van der Waals surface area contributed by atoms with Crippen molar-refractivity contribution in [2.75, 3.05) is 23.4 Å². The van der Waals surface area contributed by atoms with Gasteiger partial charge in [0.1, 0.15) is 0 Å². The second kappa shape index (κ2) is 5.63. The molecule has 4 rings (SSSR count). The molecule has 3 heterocycles. The van der Waals surface area contributed by atoms with E-state index >= 15 is 0 Å². The molecule has 0 fully saturated rings. The first kappa shape index (κ1) is 14.7. The van der Waals surface area contributed by atoms with E-state index in [1.54, 1.807) is 17.3 Å². The average molecular weight is 321 g/mol. The summed E-state index contributed by atoms with van der Waals surface area (Å²) in [4.78, 5) is 25.1. The Hall–Kier alpha value is -2.89. The van der Waals surface area contributed by atoms with Crippen LogP contribution in [0.2, 0.25) is 0 Å². The van der Waals surface area contributed by atoms with Crippen LogP contribution in [0.25, 0.3) is 5.65 Å². The van der Waals surface area contributed by atoms with Crippen LogP contribution in [-0.2, 0) is 11.3 Å². The third-order valence-corrected chi connectivity index (χ3v) is 4.58. The lowest BCUT2D eigenvalue weighted by Crippen LogP contribution is -2.34. The minimum absolute atomic E-state index is 0.0664. The number of anilines is 2. The molecule has 1 aliphatic rings. The summed E-state index contributed by atoms with van der Waals surface area (Å²) in [5, 5.41) is 0. The number of carbonyl (C=O) groups is 1. The van der Waals surface area contributed by atoms with Crippen LogP contribution >= 0.6 is 0 Å². The molecular weight excluding hydrogens is 302 g/mol. The van der Waals surface area contributed by atoms with Gasteiger partial charge in [-0.15, -0.1) is 0 Å². The molecule has 0 aliphatic carbocycles. The summed E-state index contributed by atoms with van der Waals surface area (Å²) in [5.74, 6) is 0.0792. The van der Waals surface area contributed by atoms with Crippen molar-refractivity contribution in [3.05, 3.63) is 54.7 Å². The molecule has 0 radical (unpaired) electrons. The van der Waals surface area contributed by atoms with Crippen molar-refractivity contribution in [2.24, 2.45) is 5.92 Å². The largest absolute Gasteiger partial charge is 0.363 e. The summed E-state index contributed by atoms with van der Waals surface area (Å²) in [6.07, 6.45) is 7.30. The number of nitrogens with zero attached hydrogens (tertiary/aromatic N) is 5. The highest BCUT2D eigenvalue weighted by molar-refractivity contribution is 5.99. The molecule has 6 nitrogen and oxygen atoms in total. The van der Waals surface area contributed by atoms with Crippen LogP contribution < -0.4 is 9.80 Å². The van der Waals surface area contributed by atoms with Gasteiger partial charge in [-0.1, -0.05) is 19.1 Å². The van der Waals surface area contributed by atoms with Crippen molar-refractivity contribution in [3.63, 3.8) is 0 Å². The van der Waals surface area contributed by atoms with Crippen LogP contribution in [0.4, 0.5) is 11.4 Å². The van der Waals surface area contributed by atoms with E-state index in [2.05, 4.69) is 20.9 Å². The first-order valence-electron chi connectivity index (χ1n) is 8.02. The molecule has 0 spiro atoms. The minimum Gasteiger partial charge on any atom is -0.363 e. The van der Waals surface area contributed by atoms with Crippen LogP contribution in [0.5, 0.6) is 0 Å². The third-order valence-electron chi connectivity index (χ3n) is 4.58. The molecule has 6 heteroatoms. The van der Waals surface area contributed by atoms with E-state index in [1.165, 1.54) is 0 Å². The normalized spacial score (nSPS) is 17.9. The molecule has 0 saturated carbocycles. The van der Waals surface area contributed by atoms with Crippen molar-refractivity contribution in [1.82, 2.24) is 14.4 Å². The van der Waals surface area contributed by atoms with Crippen LogP contribution in [-0.4, -0.2) is 33.9 Å². The lowest BCUT2D eigenvalue weighted by Gasteiger charge is -2.25. The monoisotopic (exact) mass is 321 g/mol. The zero-order chi connectivity index (χ0) is 16.7. The molecule has 0 bridgehead atoms. The molecule has 1 aliphatic heterocycles. The highest BCUT2D eigenvalue weighted by Gasteiger charge is 2.29. The van der Waals surface area contributed by atoms with Crippen molar-refractivity contribution >= 4 is 22.9 Å². The van der Waals surface area contributed by atoms with Crippen molar-refractivity contribution in [3.8, 4) is 0 Å². The van der Waals surface area contributed by atoms with Crippen molar-refractivity contribution in [1.29, 1.82) is 0 Å². The van der Waals surface area contributed by atoms with E-state index < -0.39 is 0 Å². The summed E-state index contributed by atoms with van der Waals surface area (Å²) in [6, 6.07) is 8.05. The lowest BCUT2D eigenvalue weighted by molar-refractivity contribution is -0.121. The molecule has 122 valence electrons. The first-order valence-corrected chi connectivity index (χ1v) is 8.02. The number of imidazole rings is 1. The number of fused-ring (bicyclic) bond motifs is 2. The zero-order valence-corrected chi connectivity index (χ0v) is 13.8. The molecule has 2 aromatic heterocycles. The minimum atomic E-state index is -0.0664. The number of para-hydroxylation sites is 2. The molecule has 3 aromatic rings. The fourth-order valence-corrected chi connectivity index (χ4v) is 3.33. The van der Waals surface area contributed by atoms with Crippen molar-refractivity contribution in [2.45, 2.75) is 13.5 Å². The summed E-state index contributed by atoms with van der Waals surface area (Å²) >= 11 is 0. The highest BCUT2D eigenvalue weighted by Crippen LogP contribution is 2.34. The molecule has 1 atom stereocenters. The van der Waals surface area contributed by atoms with E-state index in [9.17, 15) is 4.79 Å². The predicted molar refractivity (Wildman–Crippen MR) is 93.1 cm³/mol. The quantitative estimate of drug-likeness (QED) is 0.727. The zero-order valence-electron chi connectivity index (χ0n) is 13.8. The Kier molecular flexibility index (Phi) is 3.45. The van der Waals surface area contributed by atoms with Gasteiger partial charge in [0, 0.05) is 26.0 Å². The Balaban J connectivity index is 1.76. The molecule has 24 heavy (non-hydrogen) atoms. The van der Waals surface area contributed by atoms with Crippen LogP contribution in [0.3, 0.4) is 0 Å². The van der Waals surface area contributed by atoms with Gasteiger partial charge in [-0.2, -0.15) is 0 Å². The topological polar surface area (TPSA) is 53.7 Å². The van der Waals surface area contributed by atoms with Gasteiger partial charge >= 0.3 is 0 Å². The summed E-state index contributed by atoms with van der Waals surface area (Å²) in [5.41, 5.74) is 3.92. The smallest absolute Gasteiger partial charge is 0.231 e. The number of hydrogen-bond donors (Lipinski definition) is 0. The SMILES string of the molecule is CC1CN(Cc2cnc3cnccn23)c2ccccc2N(C)C1=O. The second-order valence-corrected chi connectivity index (χ2v) is 6.22. The maximum absolute atomic E-state index is 12.5. The highest BCUT2D eigenvalue weighted by atomic mass is 16.2. The van der Waals surface area contributed by atoms with Crippen molar-refractivity contribution < 1.29 is 4.79 Å². The number of carbonyl (C=O) groups excluding carboxylic acids is 1. The molecule has 1 amide bonds. The number of benzene rings is 1. The van der Waals surface area contributed by atoms with Crippen LogP contribution in [0.1, 0.15) is 12.6 Å². The Morgan fingerprint density at radius 3 is 2.83 bits per heavy atom. The van der Waals surface area contributed by atoms with E-state index in [0.29, 0.717) is 13.1 Å². The second-order valence-electron chi connectivity index (χ2n) is 6.22. The van der Waals surface area contributed by atoms with Gasteiger partial charge in [-0.05, 0) is 12.1 Å². The van der Waals surface area contributed by atoms with E-state index in [4.69, 9.17) is 0 Å². The van der Waals surface area contributed by atoms with Crippen LogP contribution in [0.15, 0.2) is 49.1 Å². The van der Waals surface area contributed by atoms with Gasteiger partial charge < -0.3 is 9.80 Å². The lowest BCUT2D eigenvalue weighted by atomic mass is 10.1. The van der Waals surface area contributed by atoms with E-state index in [0.717, 1.165) is 22.7 Å². The number of aromatic nitrogens is 3.